The van der Waals surface area contributed by atoms with Crippen LogP contribution in [0.2, 0.25) is 0 Å². The minimum absolute atomic E-state index is 0.0627. The van der Waals surface area contributed by atoms with E-state index in [9.17, 15) is 14.7 Å². The van der Waals surface area contributed by atoms with Crippen molar-refractivity contribution in [3.8, 4) is 5.75 Å². The average Bonchev–Trinajstić information content (AvgIpc) is 2.87. The zero-order chi connectivity index (χ0) is 23.8. The van der Waals surface area contributed by atoms with Crippen LogP contribution < -0.4 is 9.64 Å². The summed E-state index contributed by atoms with van der Waals surface area (Å²) in [6, 6.07) is 3.69. The first-order valence-corrected chi connectivity index (χ1v) is 11.5. The lowest BCUT2D eigenvalue weighted by atomic mass is 9.72. The number of amides is 1. The number of hydrogen-bond donors (Lipinski definition) is 2. The molecule has 0 bridgehead atoms. The van der Waals surface area contributed by atoms with Crippen molar-refractivity contribution in [2.75, 3.05) is 12.0 Å². The second-order valence-electron chi connectivity index (χ2n) is 10.3. The molecule has 2 heterocycles. The SMILES string of the molecule is COc1cc2c3c(c1)[C@@](SC(C)=N)(C1=C(O)CC(C)(C)CC1=O)C(=O)N3C(C)(C)C=C2C. The molecule has 7 heteroatoms. The van der Waals surface area contributed by atoms with Crippen LogP contribution in [0.3, 0.4) is 0 Å². The Morgan fingerprint density at radius 3 is 2.41 bits per heavy atom. The van der Waals surface area contributed by atoms with Gasteiger partial charge in [-0.2, -0.15) is 0 Å². The van der Waals surface area contributed by atoms with E-state index in [1.807, 2.05) is 46.8 Å². The molecule has 3 aliphatic rings. The summed E-state index contributed by atoms with van der Waals surface area (Å²) in [6.45, 7) is 11.4. The molecule has 1 aromatic carbocycles. The van der Waals surface area contributed by atoms with Gasteiger partial charge in [-0.3, -0.25) is 15.0 Å². The minimum atomic E-state index is -1.53. The van der Waals surface area contributed by atoms with Crippen molar-refractivity contribution in [1.82, 2.24) is 0 Å². The number of aliphatic hydroxyl groups is 1. The predicted octanol–water partition coefficient (Wildman–Crippen LogP) is 5.36. The molecule has 0 saturated heterocycles. The van der Waals surface area contributed by atoms with E-state index in [4.69, 9.17) is 10.1 Å². The number of carbonyl (C=O) groups excluding carboxylic acids is 2. The fourth-order valence-corrected chi connectivity index (χ4v) is 6.68. The fourth-order valence-electron chi connectivity index (χ4n) is 5.44. The Kier molecular flexibility index (Phi) is 4.94. The summed E-state index contributed by atoms with van der Waals surface area (Å²) < 4.78 is 4.04. The monoisotopic (exact) mass is 454 g/mol. The van der Waals surface area contributed by atoms with Crippen molar-refractivity contribution in [3.05, 3.63) is 40.7 Å². The summed E-state index contributed by atoms with van der Waals surface area (Å²) in [4.78, 5) is 29.6. The Morgan fingerprint density at radius 1 is 1.19 bits per heavy atom. The molecule has 1 aromatic rings. The maximum atomic E-state index is 14.4. The number of carbonyl (C=O) groups is 2. The number of nitrogens with zero attached hydrogens (tertiary/aromatic N) is 1. The second-order valence-corrected chi connectivity index (χ2v) is 11.7. The summed E-state index contributed by atoms with van der Waals surface area (Å²) in [5.41, 5.74) is 2.28. The Balaban J connectivity index is 2.13. The first-order chi connectivity index (χ1) is 14.7. The molecular weight excluding hydrogens is 424 g/mol. The number of ether oxygens (including phenoxy) is 1. The maximum Gasteiger partial charge on any atom is 0.253 e. The van der Waals surface area contributed by atoms with Gasteiger partial charge >= 0.3 is 0 Å². The van der Waals surface area contributed by atoms with Crippen LogP contribution in [-0.2, 0) is 14.3 Å². The van der Waals surface area contributed by atoms with Crippen LogP contribution in [0, 0.1) is 10.8 Å². The smallest absolute Gasteiger partial charge is 0.253 e. The largest absolute Gasteiger partial charge is 0.512 e. The topological polar surface area (TPSA) is 90.7 Å². The van der Waals surface area contributed by atoms with E-state index in [1.165, 1.54) is 0 Å². The number of allylic oxidation sites excluding steroid dienone is 2. The fraction of sp³-hybridized carbons (Fsp3) is 0.480. The van der Waals surface area contributed by atoms with Crippen LogP contribution in [0.4, 0.5) is 5.69 Å². The van der Waals surface area contributed by atoms with Gasteiger partial charge in [0.25, 0.3) is 5.91 Å². The molecule has 0 unspecified atom stereocenters. The summed E-state index contributed by atoms with van der Waals surface area (Å²) in [6.07, 6.45) is 2.56. The number of benzene rings is 1. The van der Waals surface area contributed by atoms with Crippen LogP contribution in [0.1, 0.15) is 65.5 Å². The number of aliphatic hydroxyl groups excluding tert-OH is 1. The van der Waals surface area contributed by atoms with E-state index in [0.29, 0.717) is 17.7 Å². The van der Waals surface area contributed by atoms with Crippen molar-refractivity contribution in [3.63, 3.8) is 0 Å². The van der Waals surface area contributed by atoms with Gasteiger partial charge in [0.15, 0.2) is 10.5 Å². The third-order valence-corrected chi connectivity index (χ3v) is 7.72. The van der Waals surface area contributed by atoms with Crippen LogP contribution in [0.15, 0.2) is 29.5 Å². The van der Waals surface area contributed by atoms with E-state index in [2.05, 4.69) is 0 Å². The normalized spacial score (nSPS) is 25.6. The van der Waals surface area contributed by atoms with E-state index in [-0.39, 0.29) is 34.5 Å². The third kappa shape index (κ3) is 3.04. The standard InChI is InChI=1S/C25H30N2O4S/c1-13-10-24(5,6)27-21-16(13)8-15(31-7)9-17(21)25(22(27)30,32-14(2)26)20-18(28)11-23(3,4)12-19(20)29/h8-10,26,28H,11-12H2,1-7H3/t25-/m1/s1. The maximum absolute atomic E-state index is 14.4. The third-order valence-electron chi connectivity index (χ3n) is 6.51. The van der Waals surface area contributed by atoms with E-state index < -0.39 is 15.7 Å². The molecule has 1 atom stereocenters. The Morgan fingerprint density at radius 2 is 1.84 bits per heavy atom. The Hall–Kier alpha value is -2.54. The molecule has 170 valence electrons. The molecule has 0 spiro atoms. The Bertz CT molecular complexity index is 1140. The predicted molar refractivity (Wildman–Crippen MR) is 129 cm³/mol. The van der Waals surface area contributed by atoms with Gasteiger partial charge in [-0.25, -0.2) is 0 Å². The van der Waals surface area contributed by atoms with Gasteiger partial charge in [-0.15, -0.1) is 0 Å². The lowest BCUT2D eigenvalue weighted by molar-refractivity contribution is -0.124. The van der Waals surface area contributed by atoms with Crippen molar-refractivity contribution in [2.45, 2.75) is 64.7 Å². The van der Waals surface area contributed by atoms with Gasteiger partial charge in [0.2, 0.25) is 0 Å². The summed E-state index contributed by atoms with van der Waals surface area (Å²) in [7, 11) is 1.57. The number of thioether (sulfide) groups is 1. The number of Topliss-reactive ketones (excluding diaryl/α,β-unsaturated/α-hetero) is 1. The van der Waals surface area contributed by atoms with Crippen molar-refractivity contribution < 1.29 is 19.4 Å². The molecule has 32 heavy (non-hydrogen) atoms. The number of nitrogens with one attached hydrogen (secondary N) is 1. The molecule has 0 saturated carbocycles. The quantitative estimate of drug-likeness (QED) is 0.474. The van der Waals surface area contributed by atoms with Crippen molar-refractivity contribution in [1.29, 1.82) is 5.41 Å². The highest BCUT2D eigenvalue weighted by Crippen LogP contribution is 2.61. The number of ketones is 1. The van der Waals surface area contributed by atoms with Crippen molar-refractivity contribution >= 4 is 39.8 Å². The first kappa shape index (κ1) is 22.6. The van der Waals surface area contributed by atoms with Crippen LogP contribution in [0.25, 0.3) is 5.57 Å². The van der Waals surface area contributed by atoms with E-state index >= 15 is 0 Å². The number of rotatable bonds is 3. The average molecular weight is 455 g/mol. The number of hydrogen-bond acceptors (Lipinski definition) is 6. The van der Waals surface area contributed by atoms with Crippen molar-refractivity contribution in [2.24, 2.45) is 5.41 Å². The highest BCUT2D eigenvalue weighted by Gasteiger charge is 2.62. The molecule has 0 fully saturated rings. The van der Waals surface area contributed by atoms with Gasteiger partial charge in [0, 0.05) is 24.0 Å². The lowest BCUT2D eigenvalue weighted by Crippen LogP contribution is -2.52. The molecule has 2 aliphatic heterocycles. The lowest BCUT2D eigenvalue weighted by Gasteiger charge is -2.40. The van der Waals surface area contributed by atoms with Gasteiger partial charge < -0.3 is 14.7 Å². The summed E-state index contributed by atoms with van der Waals surface area (Å²) in [5.74, 6) is -0.0499. The number of anilines is 1. The Labute approximate surface area is 193 Å². The summed E-state index contributed by atoms with van der Waals surface area (Å²) in [5, 5.41) is 19.7. The van der Waals surface area contributed by atoms with Crippen LogP contribution in [0.5, 0.6) is 5.75 Å². The molecule has 1 aliphatic carbocycles. The highest BCUT2D eigenvalue weighted by molar-refractivity contribution is 8.15. The molecule has 0 aromatic heterocycles. The minimum Gasteiger partial charge on any atom is -0.512 e. The molecule has 6 nitrogen and oxygen atoms in total. The van der Waals surface area contributed by atoms with E-state index in [0.717, 1.165) is 28.6 Å². The molecule has 1 amide bonds. The molecule has 4 rings (SSSR count). The van der Waals surface area contributed by atoms with Gasteiger partial charge in [0.05, 0.1) is 29.0 Å². The molecule has 0 radical (unpaired) electrons. The second kappa shape index (κ2) is 6.98. The zero-order valence-electron chi connectivity index (χ0n) is 19.7. The van der Waals surface area contributed by atoms with Gasteiger partial charge in [-0.1, -0.05) is 31.7 Å². The van der Waals surface area contributed by atoms with Gasteiger partial charge in [0.1, 0.15) is 11.5 Å². The summed E-state index contributed by atoms with van der Waals surface area (Å²) >= 11 is 1.03. The highest BCUT2D eigenvalue weighted by atomic mass is 32.2. The zero-order valence-corrected chi connectivity index (χ0v) is 20.5. The van der Waals surface area contributed by atoms with E-state index in [1.54, 1.807) is 25.0 Å². The molecule has 2 N–H and O–H groups in total. The van der Waals surface area contributed by atoms with Crippen LogP contribution in [-0.4, -0.2) is 34.5 Å². The van der Waals surface area contributed by atoms with Gasteiger partial charge in [-0.05, 0) is 50.8 Å². The first-order valence-electron chi connectivity index (χ1n) is 10.7. The number of methoxy groups -OCH3 is 1. The molecular formula is C25H30N2O4S. The van der Waals surface area contributed by atoms with Crippen LogP contribution >= 0.6 is 11.8 Å².